The molecule has 2 rings (SSSR count). The molecule has 4 heteroatoms. The van der Waals surface area contributed by atoms with E-state index in [9.17, 15) is 4.79 Å². The normalized spacial score (nSPS) is 18.1. The lowest BCUT2D eigenvalue weighted by molar-refractivity contribution is -0.122. The molecule has 1 saturated heterocycles. The molecule has 4 nitrogen and oxygen atoms in total. The van der Waals surface area contributed by atoms with E-state index in [1.807, 2.05) is 30.3 Å². The van der Waals surface area contributed by atoms with Gasteiger partial charge in [0.25, 0.3) is 0 Å². The third kappa shape index (κ3) is 5.43. The summed E-state index contributed by atoms with van der Waals surface area (Å²) >= 11 is 0. The molecule has 0 spiro atoms. The molecule has 1 heterocycles. The maximum absolute atomic E-state index is 12.0. The number of amides is 1. The second-order valence-electron chi connectivity index (χ2n) is 6.41. The highest BCUT2D eigenvalue weighted by molar-refractivity contribution is 5.82. The minimum atomic E-state index is -0.565. The van der Waals surface area contributed by atoms with Crippen molar-refractivity contribution in [3.8, 4) is 0 Å². The van der Waals surface area contributed by atoms with Crippen LogP contribution in [0.5, 0.6) is 0 Å². The fraction of sp³-hybridized carbons (Fsp3) is 0.611. The van der Waals surface area contributed by atoms with Gasteiger partial charge in [-0.05, 0) is 56.8 Å². The molecule has 1 fully saturated rings. The summed E-state index contributed by atoms with van der Waals surface area (Å²) in [5, 5.41) is 2.94. The summed E-state index contributed by atoms with van der Waals surface area (Å²) in [6, 6.07) is 8.95. The number of benzene rings is 1. The average Bonchev–Trinajstić information content (AvgIpc) is 2.56. The monoisotopic (exact) mass is 303 g/mol. The summed E-state index contributed by atoms with van der Waals surface area (Å²) in [5.74, 6) is 0.799. The number of carbonyl (C=O) groups is 1. The average molecular weight is 303 g/mol. The van der Waals surface area contributed by atoms with Gasteiger partial charge >= 0.3 is 0 Å². The number of unbranched alkanes of at least 4 members (excludes halogenated alkanes) is 1. The highest BCUT2D eigenvalue weighted by atomic mass is 16.2. The van der Waals surface area contributed by atoms with Gasteiger partial charge in [0.05, 0.1) is 0 Å². The van der Waals surface area contributed by atoms with Crippen LogP contribution in [-0.4, -0.2) is 37.0 Å². The lowest BCUT2D eigenvalue weighted by Crippen LogP contribution is -2.36. The van der Waals surface area contributed by atoms with Crippen LogP contribution in [0, 0.1) is 5.92 Å². The van der Waals surface area contributed by atoms with Crippen molar-refractivity contribution in [1.29, 1.82) is 0 Å². The highest BCUT2D eigenvalue weighted by Gasteiger charge is 2.16. The van der Waals surface area contributed by atoms with Gasteiger partial charge in [-0.3, -0.25) is 4.79 Å². The number of piperidine rings is 1. The van der Waals surface area contributed by atoms with Crippen molar-refractivity contribution >= 4 is 5.91 Å². The summed E-state index contributed by atoms with van der Waals surface area (Å²) in [4.78, 5) is 14.5. The van der Waals surface area contributed by atoms with Crippen LogP contribution in [0.2, 0.25) is 0 Å². The van der Waals surface area contributed by atoms with E-state index in [2.05, 4.69) is 17.1 Å². The van der Waals surface area contributed by atoms with E-state index >= 15 is 0 Å². The first-order chi connectivity index (χ1) is 10.7. The number of hydrogen-bond donors (Lipinski definition) is 2. The zero-order valence-electron chi connectivity index (χ0n) is 13.6. The van der Waals surface area contributed by atoms with E-state index in [1.165, 1.54) is 25.9 Å². The summed E-state index contributed by atoms with van der Waals surface area (Å²) < 4.78 is 0. The molecule has 0 saturated carbocycles. The van der Waals surface area contributed by atoms with E-state index in [-0.39, 0.29) is 5.91 Å². The lowest BCUT2D eigenvalue weighted by Gasteiger charge is -2.30. The fourth-order valence-corrected chi connectivity index (χ4v) is 2.88. The van der Waals surface area contributed by atoms with Gasteiger partial charge < -0.3 is 16.0 Å². The van der Waals surface area contributed by atoms with Crippen molar-refractivity contribution in [2.45, 2.75) is 38.6 Å². The van der Waals surface area contributed by atoms with Gasteiger partial charge in [-0.15, -0.1) is 0 Å². The lowest BCUT2D eigenvalue weighted by atomic mass is 9.99. The third-order valence-electron chi connectivity index (χ3n) is 4.52. The van der Waals surface area contributed by atoms with Gasteiger partial charge in [-0.25, -0.2) is 0 Å². The zero-order valence-corrected chi connectivity index (χ0v) is 13.6. The minimum absolute atomic E-state index is 0.0852. The summed E-state index contributed by atoms with van der Waals surface area (Å²) in [5.41, 5.74) is 6.83. The molecule has 1 aliphatic rings. The molecule has 0 bridgehead atoms. The molecule has 0 aromatic heterocycles. The summed E-state index contributed by atoms with van der Waals surface area (Å²) in [7, 11) is 0. The third-order valence-corrected chi connectivity index (χ3v) is 4.52. The van der Waals surface area contributed by atoms with Gasteiger partial charge in [0.2, 0.25) is 5.91 Å². The van der Waals surface area contributed by atoms with Crippen LogP contribution in [0.15, 0.2) is 30.3 Å². The Morgan fingerprint density at radius 2 is 1.95 bits per heavy atom. The van der Waals surface area contributed by atoms with E-state index in [0.717, 1.165) is 30.9 Å². The predicted octanol–water partition coefficient (Wildman–Crippen LogP) is 2.31. The summed E-state index contributed by atoms with van der Waals surface area (Å²) in [6.07, 6.45) is 4.79. The van der Waals surface area contributed by atoms with E-state index in [0.29, 0.717) is 6.54 Å². The maximum atomic E-state index is 12.0. The molecule has 0 aliphatic carbocycles. The van der Waals surface area contributed by atoms with E-state index < -0.39 is 6.04 Å². The Balaban J connectivity index is 1.57. The van der Waals surface area contributed by atoms with Crippen LogP contribution in [0.4, 0.5) is 0 Å². The first kappa shape index (κ1) is 17.0. The Morgan fingerprint density at radius 3 is 2.64 bits per heavy atom. The fourth-order valence-electron chi connectivity index (χ4n) is 2.88. The number of nitrogens with two attached hydrogens (primary N) is 1. The van der Waals surface area contributed by atoms with Crippen LogP contribution >= 0.6 is 0 Å². The molecule has 22 heavy (non-hydrogen) atoms. The molecule has 0 radical (unpaired) electrons. The van der Waals surface area contributed by atoms with Crippen LogP contribution in [0.25, 0.3) is 0 Å². The number of nitrogens with zero attached hydrogens (tertiary/aromatic N) is 1. The number of likely N-dealkylation sites (tertiary alicyclic amines) is 1. The van der Waals surface area contributed by atoms with E-state index in [1.54, 1.807) is 0 Å². The molecular formula is C18H29N3O. The largest absolute Gasteiger partial charge is 0.354 e. The molecule has 1 aromatic rings. The zero-order chi connectivity index (χ0) is 15.8. The van der Waals surface area contributed by atoms with Gasteiger partial charge in [-0.1, -0.05) is 37.3 Å². The van der Waals surface area contributed by atoms with Crippen LogP contribution in [-0.2, 0) is 4.79 Å². The molecule has 1 aromatic carbocycles. The smallest absolute Gasteiger partial charge is 0.241 e. The Kier molecular flexibility index (Phi) is 6.87. The van der Waals surface area contributed by atoms with Crippen molar-refractivity contribution in [3.63, 3.8) is 0 Å². The second-order valence-corrected chi connectivity index (χ2v) is 6.41. The van der Waals surface area contributed by atoms with Crippen molar-refractivity contribution < 1.29 is 4.79 Å². The van der Waals surface area contributed by atoms with Gasteiger partial charge in [0, 0.05) is 6.54 Å². The Hall–Kier alpha value is -1.39. The van der Waals surface area contributed by atoms with Gasteiger partial charge in [-0.2, -0.15) is 0 Å². The molecule has 122 valence electrons. The Morgan fingerprint density at radius 1 is 1.27 bits per heavy atom. The molecule has 1 atom stereocenters. The first-order valence-corrected chi connectivity index (χ1v) is 8.47. The quantitative estimate of drug-likeness (QED) is 0.760. The Bertz CT molecular complexity index is 441. The van der Waals surface area contributed by atoms with Crippen molar-refractivity contribution in [2.24, 2.45) is 11.7 Å². The number of nitrogens with one attached hydrogen (secondary N) is 1. The predicted molar refractivity (Wildman–Crippen MR) is 90.5 cm³/mol. The number of rotatable bonds is 7. The molecule has 1 unspecified atom stereocenters. The van der Waals surface area contributed by atoms with Crippen molar-refractivity contribution in [3.05, 3.63) is 35.9 Å². The molecule has 1 amide bonds. The van der Waals surface area contributed by atoms with Crippen LogP contribution < -0.4 is 11.1 Å². The standard InChI is InChI=1S/C18H29N3O/c1-15-9-13-21(14-10-15)12-6-5-11-20-18(22)17(19)16-7-3-2-4-8-16/h2-4,7-8,15,17H,5-6,9-14,19H2,1H3,(H,20,22). The second kappa shape index (κ2) is 8.91. The maximum Gasteiger partial charge on any atom is 0.241 e. The first-order valence-electron chi connectivity index (χ1n) is 8.47. The molecular weight excluding hydrogens is 274 g/mol. The van der Waals surface area contributed by atoms with Crippen molar-refractivity contribution in [1.82, 2.24) is 10.2 Å². The van der Waals surface area contributed by atoms with Crippen LogP contribution in [0.1, 0.15) is 44.2 Å². The van der Waals surface area contributed by atoms with Gasteiger partial charge in [0.15, 0.2) is 0 Å². The minimum Gasteiger partial charge on any atom is -0.354 e. The number of hydrogen-bond acceptors (Lipinski definition) is 3. The highest BCUT2D eigenvalue weighted by Crippen LogP contribution is 2.16. The van der Waals surface area contributed by atoms with Crippen LogP contribution in [0.3, 0.4) is 0 Å². The Labute approximate surface area is 134 Å². The number of carbonyl (C=O) groups excluding carboxylic acids is 1. The van der Waals surface area contributed by atoms with E-state index in [4.69, 9.17) is 5.73 Å². The summed E-state index contributed by atoms with van der Waals surface area (Å²) in [6.45, 7) is 6.65. The molecule has 3 N–H and O–H groups in total. The molecule has 1 aliphatic heterocycles. The van der Waals surface area contributed by atoms with Crippen molar-refractivity contribution in [2.75, 3.05) is 26.2 Å². The van der Waals surface area contributed by atoms with Gasteiger partial charge in [0.1, 0.15) is 6.04 Å². The topological polar surface area (TPSA) is 58.4 Å². The SMILES string of the molecule is CC1CCN(CCCCNC(=O)C(N)c2ccccc2)CC1.